The maximum absolute atomic E-state index is 5.41. The van der Waals surface area contributed by atoms with Gasteiger partial charge in [0.05, 0.1) is 7.11 Å². The van der Waals surface area contributed by atoms with Crippen LogP contribution in [-0.4, -0.2) is 22.5 Å². The molecule has 0 saturated heterocycles. The zero-order valence-corrected chi connectivity index (χ0v) is 15.0. The number of imidazole rings is 1. The molecule has 0 radical (unpaired) electrons. The van der Waals surface area contributed by atoms with Gasteiger partial charge in [-0.3, -0.25) is 4.40 Å². The van der Waals surface area contributed by atoms with Crippen molar-refractivity contribution < 1.29 is 4.74 Å². The second-order valence-electron chi connectivity index (χ2n) is 6.88. The van der Waals surface area contributed by atoms with Crippen molar-refractivity contribution >= 4 is 11.5 Å². The maximum Gasteiger partial charge on any atom is 0.139 e. The number of fused-ring (bicyclic) bond motifs is 1. The lowest BCUT2D eigenvalue weighted by Crippen LogP contribution is -2.23. The molecule has 0 atom stereocenters. The fourth-order valence-electron chi connectivity index (χ4n) is 3.80. The van der Waals surface area contributed by atoms with E-state index in [0.29, 0.717) is 6.04 Å². The number of nitrogens with zero attached hydrogens (tertiary/aromatic N) is 2. The molecule has 0 spiro atoms. The molecule has 0 aliphatic heterocycles. The predicted octanol–water partition coefficient (Wildman–Crippen LogP) is 5.06. The van der Waals surface area contributed by atoms with Gasteiger partial charge in [0, 0.05) is 17.3 Å². The minimum absolute atomic E-state index is 0.526. The topological polar surface area (TPSA) is 38.6 Å². The molecular formula is C21H25N3O. The van der Waals surface area contributed by atoms with E-state index in [1.165, 1.54) is 37.8 Å². The number of aromatic nitrogens is 2. The van der Waals surface area contributed by atoms with Gasteiger partial charge in [0.25, 0.3) is 0 Å². The van der Waals surface area contributed by atoms with Gasteiger partial charge in [-0.15, -0.1) is 0 Å². The molecule has 0 bridgehead atoms. The van der Waals surface area contributed by atoms with Crippen molar-refractivity contribution in [3.63, 3.8) is 0 Å². The summed E-state index contributed by atoms with van der Waals surface area (Å²) >= 11 is 0. The summed E-state index contributed by atoms with van der Waals surface area (Å²) in [6.45, 7) is 2.14. The van der Waals surface area contributed by atoms with Crippen LogP contribution in [0, 0.1) is 6.92 Å². The van der Waals surface area contributed by atoms with Gasteiger partial charge in [0.2, 0.25) is 0 Å². The lowest BCUT2D eigenvalue weighted by atomic mass is 9.95. The van der Waals surface area contributed by atoms with Crippen molar-refractivity contribution in [1.29, 1.82) is 0 Å². The van der Waals surface area contributed by atoms with Crippen LogP contribution in [0.2, 0.25) is 0 Å². The average Bonchev–Trinajstić information content (AvgIpc) is 3.02. The van der Waals surface area contributed by atoms with E-state index in [-0.39, 0.29) is 0 Å². The van der Waals surface area contributed by atoms with E-state index in [1.807, 2.05) is 12.1 Å². The highest BCUT2D eigenvalue weighted by Crippen LogP contribution is 2.33. The second-order valence-corrected chi connectivity index (χ2v) is 6.88. The van der Waals surface area contributed by atoms with Crippen LogP contribution >= 0.6 is 0 Å². The lowest BCUT2D eigenvalue weighted by molar-refractivity contribution is 0.415. The Bertz CT molecular complexity index is 878. The zero-order valence-electron chi connectivity index (χ0n) is 15.0. The van der Waals surface area contributed by atoms with Crippen molar-refractivity contribution in [3.8, 4) is 17.0 Å². The third kappa shape index (κ3) is 3.09. The number of aryl methyl sites for hydroxylation is 1. The van der Waals surface area contributed by atoms with Crippen molar-refractivity contribution in [2.45, 2.75) is 45.1 Å². The summed E-state index contributed by atoms with van der Waals surface area (Å²) in [6, 6.07) is 15.0. The monoisotopic (exact) mass is 335 g/mol. The highest BCUT2D eigenvalue weighted by atomic mass is 16.5. The summed E-state index contributed by atoms with van der Waals surface area (Å²) in [5, 5.41) is 3.81. The Kier molecular flexibility index (Phi) is 4.35. The Morgan fingerprint density at radius 2 is 1.88 bits per heavy atom. The van der Waals surface area contributed by atoms with Crippen LogP contribution in [0.5, 0.6) is 5.75 Å². The Morgan fingerprint density at radius 3 is 2.68 bits per heavy atom. The molecule has 1 N–H and O–H groups in total. The van der Waals surface area contributed by atoms with Gasteiger partial charge in [-0.25, -0.2) is 4.98 Å². The molecule has 4 rings (SSSR count). The van der Waals surface area contributed by atoms with Gasteiger partial charge in [-0.05, 0) is 44.0 Å². The van der Waals surface area contributed by atoms with E-state index in [1.54, 1.807) is 7.11 Å². The zero-order chi connectivity index (χ0) is 17.2. The Hall–Kier alpha value is -2.49. The number of ether oxygens (including phenoxy) is 1. The molecule has 3 aromatic rings. The Morgan fingerprint density at radius 1 is 1.08 bits per heavy atom. The summed E-state index contributed by atoms with van der Waals surface area (Å²) in [5.41, 5.74) is 4.26. The number of rotatable bonds is 4. The number of benzene rings is 1. The second kappa shape index (κ2) is 6.79. The number of nitrogens with one attached hydrogen (secondary N) is 1. The van der Waals surface area contributed by atoms with Crippen LogP contribution in [0.1, 0.15) is 37.8 Å². The molecule has 2 aromatic heterocycles. The van der Waals surface area contributed by atoms with Crippen LogP contribution in [0.15, 0.2) is 42.5 Å². The fraction of sp³-hybridized carbons (Fsp3) is 0.381. The molecule has 4 nitrogen and oxygen atoms in total. The Balaban J connectivity index is 1.84. The molecule has 4 heteroatoms. The number of hydrogen-bond acceptors (Lipinski definition) is 3. The summed E-state index contributed by atoms with van der Waals surface area (Å²) in [6.07, 6.45) is 6.43. The molecule has 1 fully saturated rings. The fourth-order valence-corrected chi connectivity index (χ4v) is 3.80. The molecule has 25 heavy (non-hydrogen) atoms. The van der Waals surface area contributed by atoms with Crippen LogP contribution in [0.3, 0.4) is 0 Å². The molecule has 0 amide bonds. The van der Waals surface area contributed by atoms with E-state index in [9.17, 15) is 0 Å². The van der Waals surface area contributed by atoms with E-state index in [2.05, 4.69) is 47.0 Å². The van der Waals surface area contributed by atoms with Crippen LogP contribution < -0.4 is 10.1 Å². The number of methoxy groups -OCH3 is 1. The predicted molar refractivity (Wildman–Crippen MR) is 102 cm³/mol. The van der Waals surface area contributed by atoms with Gasteiger partial charge in [-0.1, -0.05) is 37.5 Å². The molecule has 1 aromatic carbocycles. The van der Waals surface area contributed by atoms with E-state index in [0.717, 1.165) is 28.5 Å². The first kappa shape index (κ1) is 16.0. The van der Waals surface area contributed by atoms with Crippen molar-refractivity contribution in [3.05, 3.63) is 48.2 Å². The first-order valence-corrected chi connectivity index (χ1v) is 9.15. The molecular weight excluding hydrogens is 310 g/mol. The lowest BCUT2D eigenvalue weighted by Gasteiger charge is -2.24. The van der Waals surface area contributed by atoms with Crippen LogP contribution in [-0.2, 0) is 0 Å². The molecule has 130 valence electrons. The summed E-state index contributed by atoms with van der Waals surface area (Å²) in [5.74, 6) is 1.96. The number of anilines is 1. The van der Waals surface area contributed by atoms with Crippen molar-refractivity contribution in [2.75, 3.05) is 12.4 Å². The van der Waals surface area contributed by atoms with Crippen molar-refractivity contribution in [2.24, 2.45) is 0 Å². The molecule has 0 unspecified atom stereocenters. The molecule has 1 aliphatic carbocycles. The molecule has 1 aliphatic rings. The average molecular weight is 335 g/mol. The Labute approximate surface area is 148 Å². The van der Waals surface area contributed by atoms with Gasteiger partial charge in [-0.2, -0.15) is 0 Å². The summed E-state index contributed by atoms with van der Waals surface area (Å²) < 4.78 is 7.65. The molecule has 2 heterocycles. The van der Waals surface area contributed by atoms with Gasteiger partial charge >= 0.3 is 0 Å². The minimum atomic E-state index is 0.526. The third-order valence-corrected chi connectivity index (χ3v) is 5.13. The number of hydrogen-bond donors (Lipinski definition) is 1. The quantitative estimate of drug-likeness (QED) is 0.724. The normalized spacial score (nSPS) is 15.4. The smallest absolute Gasteiger partial charge is 0.139 e. The van der Waals surface area contributed by atoms with Crippen molar-refractivity contribution in [1.82, 2.24) is 9.38 Å². The van der Waals surface area contributed by atoms with Crippen LogP contribution in [0.4, 0.5) is 5.82 Å². The molecule has 1 saturated carbocycles. The van der Waals surface area contributed by atoms with E-state index in [4.69, 9.17) is 9.72 Å². The summed E-state index contributed by atoms with van der Waals surface area (Å²) in [4.78, 5) is 4.93. The highest BCUT2D eigenvalue weighted by molar-refractivity contribution is 5.77. The SMILES string of the molecule is COc1cccc(-c2nc3cccc(C)n3c2NC2CCCCC2)c1. The first-order valence-electron chi connectivity index (χ1n) is 9.15. The van der Waals surface area contributed by atoms with Gasteiger partial charge in [0.1, 0.15) is 22.9 Å². The maximum atomic E-state index is 5.41. The summed E-state index contributed by atoms with van der Waals surface area (Å²) in [7, 11) is 1.70. The van der Waals surface area contributed by atoms with Gasteiger partial charge < -0.3 is 10.1 Å². The third-order valence-electron chi connectivity index (χ3n) is 5.13. The largest absolute Gasteiger partial charge is 0.497 e. The minimum Gasteiger partial charge on any atom is -0.497 e. The van der Waals surface area contributed by atoms with E-state index < -0.39 is 0 Å². The first-order chi connectivity index (χ1) is 12.3. The highest BCUT2D eigenvalue weighted by Gasteiger charge is 2.20. The van der Waals surface area contributed by atoms with Gasteiger partial charge in [0.15, 0.2) is 0 Å². The number of pyridine rings is 1. The van der Waals surface area contributed by atoms with Crippen LogP contribution in [0.25, 0.3) is 16.9 Å². The van der Waals surface area contributed by atoms with E-state index >= 15 is 0 Å². The standard InChI is InChI=1S/C21H25N3O/c1-15-8-6-13-19-23-20(16-9-7-12-18(14-16)25-2)21(24(15)19)22-17-10-4-3-5-11-17/h6-9,12-14,17,22H,3-5,10-11H2,1-2H3.